The number of nitrogens with two attached hydrogens (primary N) is 1. The lowest BCUT2D eigenvalue weighted by molar-refractivity contribution is 0.586. The van der Waals surface area contributed by atoms with E-state index >= 15 is 0 Å². The Bertz CT molecular complexity index is 582. The van der Waals surface area contributed by atoms with Crippen molar-refractivity contribution in [1.82, 2.24) is 9.97 Å². The maximum Gasteiger partial charge on any atom is 0.290 e. The van der Waals surface area contributed by atoms with Crippen molar-refractivity contribution < 1.29 is 8.42 Å². The molecule has 2 heterocycles. The number of nitrogens with zero attached hydrogens (tertiary/aromatic N) is 2. The Balaban J connectivity index is 2.17. The van der Waals surface area contributed by atoms with E-state index in [0.717, 1.165) is 12.1 Å². The molecular formula is C11H18N4O3S. The summed E-state index contributed by atoms with van der Waals surface area (Å²) in [5, 5.41) is 0. The molecule has 0 aromatic carbocycles. The minimum absolute atomic E-state index is 0.0706. The Morgan fingerprint density at radius 2 is 2.05 bits per heavy atom. The fourth-order valence-electron chi connectivity index (χ4n) is 1.98. The molecule has 1 aromatic heterocycles. The lowest BCUT2D eigenvalue weighted by Crippen LogP contribution is -2.43. The summed E-state index contributed by atoms with van der Waals surface area (Å²) in [7, 11) is -2.96. The molecule has 19 heavy (non-hydrogen) atoms. The summed E-state index contributed by atoms with van der Waals surface area (Å²) in [6, 6.07) is 0. The molecule has 0 bridgehead atoms. The molecule has 8 heteroatoms. The molecule has 0 amide bonds. The van der Waals surface area contributed by atoms with E-state index in [1.54, 1.807) is 11.1 Å². The van der Waals surface area contributed by atoms with Gasteiger partial charge in [0.25, 0.3) is 5.56 Å². The standard InChI is InChI=1S/C11H18N4O3S/c12-3-1-2-9-8-13-11(16)10(14-9)15-4-6-19(17,18)7-5-15/h8H,1-7,12H2,(H,13,16). The fraction of sp³-hybridized carbons (Fsp3) is 0.636. The number of H-pyrrole nitrogens is 1. The van der Waals surface area contributed by atoms with Crippen LogP contribution >= 0.6 is 0 Å². The summed E-state index contributed by atoms with van der Waals surface area (Å²) in [6.07, 6.45) is 3.08. The summed E-state index contributed by atoms with van der Waals surface area (Å²) < 4.78 is 22.7. The van der Waals surface area contributed by atoms with Crippen molar-refractivity contribution in [2.45, 2.75) is 12.8 Å². The number of rotatable bonds is 4. The SMILES string of the molecule is NCCCc1c[nH]c(=O)c(N2CCS(=O)(=O)CC2)n1. The van der Waals surface area contributed by atoms with Gasteiger partial charge in [-0.05, 0) is 19.4 Å². The van der Waals surface area contributed by atoms with Gasteiger partial charge >= 0.3 is 0 Å². The van der Waals surface area contributed by atoms with Crippen LogP contribution in [0.5, 0.6) is 0 Å². The van der Waals surface area contributed by atoms with Crippen molar-refractivity contribution in [3.63, 3.8) is 0 Å². The van der Waals surface area contributed by atoms with Crippen molar-refractivity contribution >= 4 is 15.7 Å². The van der Waals surface area contributed by atoms with E-state index in [9.17, 15) is 13.2 Å². The monoisotopic (exact) mass is 286 g/mol. The second kappa shape index (κ2) is 5.70. The van der Waals surface area contributed by atoms with Crippen molar-refractivity contribution in [2.75, 3.05) is 36.0 Å². The Labute approximate surface area is 111 Å². The van der Waals surface area contributed by atoms with E-state index < -0.39 is 9.84 Å². The van der Waals surface area contributed by atoms with Crippen LogP contribution in [-0.2, 0) is 16.3 Å². The molecule has 1 aliphatic heterocycles. The Kier molecular flexibility index (Phi) is 4.20. The van der Waals surface area contributed by atoms with Gasteiger partial charge in [-0.1, -0.05) is 0 Å². The van der Waals surface area contributed by atoms with Crippen molar-refractivity contribution in [1.29, 1.82) is 0 Å². The quantitative estimate of drug-likeness (QED) is 0.727. The van der Waals surface area contributed by atoms with Gasteiger partial charge in [-0.2, -0.15) is 0 Å². The Hall–Kier alpha value is -1.41. The average molecular weight is 286 g/mol. The number of aromatic nitrogens is 2. The van der Waals surface area contributed by atoms with E-state index in [0.29, 0.717) is 31.9 Å². The molecule has 7 nitrogen and oxygen atoms in total. The van der Waals surface area contributed by atoms with E-state index in [2.05, 4.69) is 9.97 Å². The Morgan fingerprint density at radius 3 is 2.68 bits per heavy atom. The number of anilines is 1. The van der Waals surface area contributed by atoms with Crippen LogP contribution in [0.2, 0.25) is 0 Å². The lowest BCUT2D eigenvalue weighted by atomic mass is 10.2. The lowest BCUT2D eigenvalue weighted by Gasteiger charge is -2.27. The second-order valence-electron chi connectivity index (χ2n) is 4.58. The first kappa shape index (κ1) is 14.0. The van der Waals surface area contributed by atoms with Gasteiger partial charge in [0.15, 0.2) is 15.7 Å². The zero-order chi connectivity index (χ0) is 13.9. The third-order valence-corrected chi connectivity index (χ3v) is 4.71. The highest BCUT2D eigenvalue weighted by molar-refractivity contribution is 7.91. The molecule has 0 atom stereocenters. The maximum atomic E-state index is 11.8. The highest BCUT2D eigenvalue weighted by Crippen LogP contribution is 2.11. The third-order valence-electron chi connectivity index (χ3n) is 3.10. The predicted octanol–water partition coefficient (Wildman–Crippen LogP) is -1.10. The number of aryl methyl sites for hydroxylation is 1. The first-order chi connectivity index (χ1) is 9.02. The van der Waals surface area contributed by atoms with Crippen molar-refractivity contribution in [2.24, 2.45) is 5.73 Å². The molecule has 1 aliphatic rings. The van der Waals surface area contributed by atoms with Crippen molar-refractivity contribution in [3.05, 3.63) is 22.2 Å². The summed E-state index contributed by atoms with van der Waals surface area (Å²) in [6.45, 7) is 1.20. The van der Waals surface area contributed by atoms with E-state index in [-0.39, 0.29) is 17.1 Å². The Morgan fingerprint density at radius 1 is 1.37 bits per heavy atom. The largest absolute Gasteiger partial charge is 0.350 e. The average Bonchev–Trinajstić information content (AvgIpc) is 2.38. The van der Waals surface area contributed by atoms with Gasteiger partial charge in [0, 0.05) is 19.3 Å². The maximum absolute atomic E-state index is 11.8. The molecular weight excluding hydrogens is 268 g/mol. The first-order valence-corrected chi connectivity index (χ1v) is 8.08. The molecule has 2 rings (SSSR count). The molecule has 0 aliphatic carbocycles. The molecule has 106 valence electrons. The number of hydrogen-bond acceptors (Lipinski definition) is 6. The van der Waals surface area contributed by atoms with Crippen LogP contribution in [0.1, 0.15) is 12.1 Å². The van der Waals surface area contributed by atoms with Gasteiger partial charge in [-0.15, -0.1) is 0 Å². The number of hydrogen-bond donors (Lipinski definition) is 2. The van der Waals surface area contributed by atoms with Crippen LogP contribution in [0.3, 0.4) is 0 Å². The highest BCUT2D eigenvalue weighted by Gasteiger charge is 2.24. The molecule has 0 unspecified atom stereocenters. The zero-order valence-electron chi connectivity index (χ0n) is 10.6. The van der Waals surface area contributed by atoms with Crippen LogP contribution in [-0.4, -0.2) is 49.5 Å². The van der Waals surface area contributed by atoms with Crippen LogP contribution in [0, 0.1) is 0 Å². The number of aromatic amines is 1. The van der Waals surface area contributed by atoms with Gasteiger partial charge in [0.05, 0.1) is 17.2 Å². The van der Waals surface area contributed by atoms with E-state index in [1.165, 1.54) is 0 Å². The van der Waals surface area contributed by atoms with Crippen LogP contribution < -0.4 is 16.2 Å². The van der Waals surface area contributed by atoms with E-state index in [4.69, 9.17) is 5.73 Å². The fourth-order valence-corrected chi connectivity index (χ4v) is 3.18. The van der Waals surface area contributed by atoms with E-state index in [1.807, 2.05) is 0 Å². The van der Waals surface area contributed by atoms with Crippen LogP contribution in [0.25, 0.3) is 0 Å². The van der Waals surface area contributed by atoms with Crippen molar-refractivity contribution in [3.8, 4) is 0 Å². The van der Waals surface area contributed by atoms with Crippen LogP contribution in [0.4, 0.5) is 5.82 Å². The molecule has 0 radical (unpaired) electrons. The number of sulfone groups is 1. The predicted molar refractivity (Wildman–Crippen MR) is 73.1 cm³/mol. The minimum Gasteiger partial charge on any atom is -0.350 e. The number of nitrogens with one attached hydrogen (secondary N) is 1. The first-order valence-electron chi connectivity index (χ1n) is 6.26. The normalized spacial score (nSPS) is 18.5. The van der Waals surface area contributed by atoms with Gasteiger partial charge in [0.1, 0.15) is 0 Å². The molecule has 1 saturated heterocycles. The van der Waals surface area contributed by atoms with Gasteiger partial charge in [-0.25, -0.2) is 13.4 Å². The molecule has 0 spiro atoms. The molecule has 3 N–H and O–H groups in total. The smallest absolute Gasteiger partial charge is 0.290 e. The summed E-state index contributed by atoms with van der Waals surface area (Å²) in [5.74, 6) is 0.451. The summed E-state index contributed by atoms with van der Waals surface area (Å²) in [4.78, 5) is 20.5. The van der Waals surface area contributed by atoms with Gasteiger partial charge in [0.2, 0.25) is 0 Å². The summed E-state index contributed by atoms with van der Waals surface area (Å²) >= 11 is 0. The topological polar surface area (TPSA) is 109 Å². The zero-order valence-corrected chi connectivity index (χ0v) is 11.4. The third kappa shape index (κ3) is 3.54. The van der Waals surface area contributed by atoms with Gasteiger partial charge < -0.3 is 15.6 Å². The second-order valence-corrected chi connectivity index (χ2v) is 6.88. The molecule has 0 saturated carbocycles. The molecule has 1 aromatic rings. The summed E-state index contributed by atoms with van der Waals surface area (Å²) in [5.41, 5.74) is 5.93. The molecule has 1 fully saturated rings. The van der Waals surface area contributed by atoms with Crippen LogP contribution in [0.15, 0.2) is 11.0 Å². The minimum atomic E-state index is -2.96. The highest BCUT2D eigenvalue weighted by atomic mass is 32.2. The van der Waals surface area contributed by atoms with Gasteiger partial charge in [-0.3, -0.25) is 4.79 Å².